The second-order valence-electron chi connectivity index (χ2n) is 10.3. The van der Waals surface area contributed by atoms with E-state index < -0.39 is 0 Å². The lowest BCUT2D eigenvalue weighted by Crippen LogP contribution is -2.44. The zero-order chi connectivity index (χ0) is 27.3. The third kappa shape index (κ3) is 5.91. The van der Waals surface area contributed by atoms with Crippen molar-refractivity contribution in [2.24, 2.45) is 4.99 Å². The minimum Gasteiger partial charge on any atom is -0.492 e. The minimum absolute atomic E-state index is 0.153. The molecule has 2 amide bonds. The number of allylic oxidation sites excluding steroid dienone is 1. The fraction of sp³-hybridized carbons (Fsp3) is 0.483. The Labute approximate surface area is 233 Å². The molecule has 2 saturated heterocycles. The summed E-state index contributed by atoms with van der Waals surface area (Å²) < 4.78 is 17.3. The number of anilines is 1. The number of rotatable bonds is 8. The van der Waals surface area contributed by atoms with E-state index in [0.717, 1.165) is 76.7 Å². The molecule has 2 aromatic rings. The molecule has 5 heterocycles. The lowest BCUT2D eigenvalue weighted by Gasteiger charge is -2.33. The minimum atomic E-state index is -0.358. The first kappa shape index (κ1) is 26.5. The maximum atomic E-state index is 13.5. The van der Waals surface area contributed by atoms with Crippen LogP contribution in [-0.4, -0.2) is 107 Å². The van der Waals surface area contributed by atoms with Gasteiger partial charge in [0.15, 0.2) is 5.76 Å². The number of furan rings is 1. The highest BCUT2D eigenvalue weighted by Gasteiger charge is 2.29. The van der Waals surface area contributed by atoms with Gasteiger partial charge in [-0.2, -0.15) is 0 Å². The van der Waals surface area contributed by atoms with Crippen LogP contribution in [0.4, 0.5) is 5.88 Å². The lowest BCUT2D eigenvalue weighted by atomic mass is 9.99. The van der Waals surface area contributed by atoms with E-state index >= 15 is 0 Å². The van der Waals surface area contributed by atoms with E-state index in [1.54, 1.807) is 23.2 Å². The second kappa shape index (κ2) is 12.2. The number of amides is 2. The largest absolute Gasteiger partial charge is 0.492 e. The summed E-state index contributed by atoms with van der Waals surface area (Å²) in [4.78, 5) is 37.1. The predicted octanol–water partition coefficient (Wildman–Crippen LogP) is 1.51. The lowest BCUT2D eigenvalue weighted by molar-refractivity contribution is 0.0322. The van der Waals surface area contributed by atoms with E-state index in [1.165, 1.54) is 0 Å². The molecule has 0 unspecified atom stereocenters. The molecule has 1 aromatic heterocycles. The van der Waals surface area contributed by atoms with Crippen molar-refractivity contribution in [1.82, 2.24) is 20.4 Å². The maximum absolute atomic E-state index is 13.5. The van der Waals surface area contributed by atoms with Gasteiger partial charge in [0.25, 0.3) is 11.8 Å². The molecule has 2 fully saturated rings. The van der Waals surface area contributed by atoms with Crippen LogP contribution in [0, 0.1) is 0 Å². The molecular formula is C29H36N6O5. The number of hydrogen-bond acceptors (Lipinski definition) is 9. The Bertz CT molecular complexity index is 1290. The number of fused-ring (bicyclic) bond motifs is 1. The standard InChI is InChI=1S/C29H36N6O5/c36-28(32-24-20-31-7-5-25(24)34-11-8-30-9-12-34)26-3-4-27(40-26)35-10-6-21-1-2-22(19-23(21)29(35)37)39-18-15-33-13-16-38-17-14-33/h1-4,19-20,30H,5-18H2,(H,32,36). The van der Waals surface area contributed by atoms with Gasteiger partial charge in [0, 0.05) is 88.9 Å². The molecule has 4 aliphatic rings. The van der Waals surface area contributed by atoms with Crippen LogP contribution in [-0.2, 0) is 11.2 Å². The van der Waals surface area contributed by atoms with Crippen molar-refractivity contribution in [3.63, 3.8) is 0 Å². The first-order valence-electron chi connectivity index (χ1n) is 14.1. The summed E-state index contributed by atoms with van der Waals surface area (Å²) in [6.07, 6.45) is 3.21. The highest BCUT2D eigenvalue weighted by molar-refractivity contribution is 6.08. The monoisotopic (exact) mass is 548 g/mol. The van der Waals surface area contributed by atoms with Gasteiger partial charge in [-0.15, -0.1) is 0 Å². The van der Waals surface area contributed by atoms with Crippen molar-refractivity contribution in [2.45, 2.75) is 12.8 Å². The van der Waals surface area contributed by atoms with Crippen LogP contribution in [0.25, 0.3) is 0 Å². The number of morpholine rings is 1. The molecule has 0 bridgehead atoms. The first-order valence-corrected chi connectivity index (χ1v) is 14.1. The van der Waals surface area contributed by atoms with Crippen LogP contribution in [0.15, 0.2) is 51.1 Å². The van der Waals surface area contributed by atoms with Crippen LogP contribution in [0.5, 0.6) is 5.75 Å². The van der Waals surface area contributed by atoms with Gasteiger partial charge < -0.3 is 29.4 Å². The van der Waals surface area contributed by atoms with Crippen molar-refractivity contribution in [2.75, 3.05) is 83.6 Å². The fourth-order valence-corrected chi connectivity index (χ4v) is 5.55. The molecule has 212 valence electrons. The third-order valence-corrected chi connectivity index (χ3v) is 7.78. The Hall–Kier alpha value is -3.67. The van der Waals surface area contributed by atoms with E-state index in [4.69, 9.17) is 13.9 Å². The Kier molecular flexibility index (Phi) is 8.12. The molecule has 0 saturated carbocycles. The van der Waals surface area contributed by atoms with Gasteiger partial charge in [-0.1, -0.05) is 6.07 Å². The normalized spacial score (nSPS) is 20.1. The van der Waals surface area contributed by atoms with E-state index in [0.29, 0.717) is 49.0 Å². The van der Waals surface area contributed by atoms with E-state index in [2.05, 4.69) is 25.4 Å². The van der Waals surface area contributed by atoms with Gasteiger partial charge in [-0.25, -0.2) is 0 Å². The number of ether oxygens (including phenoxy) is 2. The smallest absolute Gasteiger partial charge is 0.291 e. The van der Waals surface area contributed by atoms with Gasteiger partial charge in [0.05, 0.1) is 18.9 Å². The zero-order valence-electron chi connectivity index (χ0n) is 22.7. The summed E-state index contributed by atoms with van der Waals surface area (Å²) in [5.74, 6) is 0.657. The number of nitrogens with zero attached hydrogens (tertiary/aromatic N) is 4. The summed E-state index contributed by atoms with van der Waals surface area (Å²) in [5.41, 5.74) is 3.39. The molecule has 40 heavy (non-hydrogen) atoms. The van der Waals surface area contributed by atoms with Crippen LogP contribution < -0.4 is 20.3 Å². The summed E-state index contributed by atoms with van der Waals surface area (Å²) in [5, 5.41) is 6.34. The molecular weight excluding hydrogens is 512 g/mol. The number of carbonyl (C=O) groups is 2. The zero-order valence-corrected chi connectivity index (χ0v) is 22.7. The van der Waals surface area contributed by atoms with Gasteiger partial charge in [0.2, 0.25) is 5.88 Å². The molecule has 2 N–H and O–H groups in total. The second-order valence-corrected chi connectivity index (χ2v) is 10.3. The van der Waals surface area contributed by atoms with Crippen LogP contribution in [0.3, 0.4) is 0 Å². The maximum Gasteiger partial charge on any atom is 0.291 e. The van der Waals surface area contributed by atoms with Crippen LogP contribution in [0.2, 0.25) is 0 Å². The Morgan fingerprint density at radius 3 is 2.75 bits per heavy atom. The quantitative estimate of drug-likeness (QED) is 0.511. The first-order chi connectivity index (χ1) is 19.7. The molecule has 0 aliphatic carbocycles. The van der Waals surface area contributed by atoms with Crippen molar-refractivity contribution in [3.8, 4) is 5.75 Å². The molecule has 0 spiro atoms. The molecule has 11 nitrogen and oxygen atoms in total. The number of piperazine rings is 1. The van der Waals surface area contributed by atoms with Crippen molar-refractivity contribution < 1.29 is 23.5 Å². The van der Waals surface area contributed by atoms with E-state index in [9.17, 15) is 9.59 Å². The van der Waals surface area contributed by atoms with E-state index in [-0.39, 0.29) is 17.6 Å². The number of benzene rings is 1. The van der Waals surface area contributed by atoms with Crippen molar-refractivity contribution >= 4 is 23.9 Å². The molecule has 6 rings (SSSR count). The highest BCUT2D eigenvalue weighted by Crippen LogP contribution is 2.29. The molecule has 11 heteroatoms. The number of carbonyl (C=O) groups excluding carboxylic acids is 2. The van der Waals surface area contributed by atoms with Crippen molar-refractivity contribution in [3.05, 3.63) is 58.6 Å². The van der Waals surface area contributed by atoms with E-state index in [1.807, 2.05) is 18.2 Å². The van der Waals surface area contributed by atoms with Crippen LogP contribution >= 0.6 is 0 Å². The number of hydrogen-bond donors (Lipinski definition) is 2. The fourth-order valence-electron chi connectivity index (χ4n) is 5.55. The summed E-state index contributed by atoms with van der Waals surface area (Å²) >= 11 is 0. The van der Waals surface area contributed by atoms with Gasteiger partial charge >= 0.3 is 0 Å². The molecule has 4 aliphatic heterocycles. The summed E-state index contributed by atoms with van der Waals surface area (Å²) in [6, 6.07) is 9.00. The average Bonchev–Trinajstić information content (AvgIpc) is 3.49. The SMILES string of the molecule is O=C(NC1=C(N2CCNCC2)CCN=C1)c1ccc(N2CCc3ccc(OCCN4CCOCC4)cc3C2=O)o1. The van der Waals surface area contributed by atoms with Gasteiger partial charge in [-0.05, 0) is 30.2 Å². The van der Waals surface area contributed by atoms with Crippen LogP contribution in [0.1, 0.15) is 32.9 Å². The average molecular weight is 549 g/mol. The van der Waals surface area contributed by atoms with Gasteiger partial charge in [-0.3, -0.25) is 24.4 Å². The third-order valence-electron chi connectivity index (χ3n) is 7.78. The Balaban J connectivity index is 1.10. The summed E-state index contributed by atoms with van der Waals surface area (Å²) in [6.45, 7) is 9.49. The molecule has 0 atom stereocenters. The number of nitrogens with one attached hydrogen (secondary N) is 2. The molecule has 0 radical (unpaired) electrons. The predicted molar refractivity (Wildman–Crippen MR) is 150 cm³/mol. The topological polar surface area (TPSA) is 112 Å². The molecule has 1 aromatic carbocycles. The number of aliphatic imine (C=N–C) groups is 1. The highest BCUT2D eigenvalue weighted by atomic mass is 16.5. The summed E-state index contributed by atoms with van der Waals surface area (Å²) in [7, 11) is 0. The number of dihydropyridines is 1. The van der Waals surface area contributed by atoms with Gasteiger partial charge in [0.1, 0.15) is 12.4 Å². The Morgan fingerprint density at radius 1 is 1.05 bits per heavy atom. The Morgan fingerprint density at radius 2 is 1.90 bits per heavy atom. The van der Waals surface area contributed by atoms with Crippen molar-refractivity contribution in [1.29, 1.82) is 0 Å².